The van der Waals surface area contributed by atoms with Crippen LogP contribution in [0.4, 0.5) is 4.39 Å². The molecule has 0 aliphatic rings. The Bertz CT molecular complexity index is 437. The predicted molar refractivity (Wildman–Crippen MR) is 70.7 cm³/mol. The van der Waals surface area contributed by atoms with Crippen LogP contribution in [-0.4, -0.2) is 36.2 Å². The molecule has 0 amide bonds. The lowest BCUT2D eigenvalue weighted by molar-refractivity contribution is -0.141. The third-order valence-corrected chi connectivity index (χ3v) is 3.04. The monoisotopic (exact) mass is 269 g/mol. The van der Waals surface area contributed by atoms with E-state index in [1.54, 1.807) is 13.0 Å². The Hall–Kier alpha value is -1.62. The third kappa shape index (κ3) is 4.52. The lowest BCUT2D eigenvalue weighted by Crippen LogP contribution is -2.31. The van der Waals surface area contributed by atoms with E-state index < -0.39 is 11.9 Å². The zero-order valence-electron chi connectivity index (χ0n) is 11.5. The fraction of sp³-hybridized carbons (Fsp3) is 0.500. The molecule has 4 nitrogen and oxygen atoms in total. The van der Waals surface area contributed by atoms with E-state index >= 15 is 0 Å². The third-order valence-electron chi connectivity index (χ3n) is 3.04. The smallest absolute Gasteiger partial charge is 0.307 e. The summed E-state index contributed by atoms with van der Waals surface area (Å²) in [7, 11) is 1.53. The first kappa shape index (κ1) is 15.4. The quantitative estimate of drug-likeness (QED) is 0.825. The Morgan fingerprint density at radius 1 is 1.53 bits per heavy atom. The standard InChI is InChI=1S/C14H20FNO3/c1-4-16(8-10(2)14(17)18)9-11-7-12(15)5-6-13(11)19-3/h5-7,10H,4,8-9H2,1-3H3,(H,17,18). The van der Waals surface area contributed by atoms with E-state index in [9.17, 15) is 9.18 Å². The molecule has 0 aliphatic heterocycles. The van der Waals surface area contributed by atoms with Crippen molar-refractivity contribution in [2.45, 2.75) is 20.4 Å². The Kier molecular flexibility index (Phi) is 5.76. The van der Waals surface area contributed by atoms with E-state index in [0.29, 0.717) is 25.4 Å². The van der Waals surface area contributed by atoms with Gasteiger partial charge in [0.2, 0.25) is 0 Å². The second kappa shape index (κ2) is 7.09. The van der Waals surface area contributed by atoms with Gasteiger partial charge in [-0.3, -0.25) is 9.69 Å². The maximum atomic E-state index is 13.3. The molecule has 19 heavy (non-hydrogen) atoms. The fourth-order valence-electron chi connectivity index (χ4n) is 1.88. The number of carbonyl (C=O) groups is 1. The van der Waals surface area contributed by atoms with Gasteiger partial charge in [0.1, 0.15) is 11.6 Å². The summed E-state index contributed by atoms with van der Waals surface area (Å²) in [5.74, 6) is -0.995. The number of aliphatic carboxylic acids is 1. The lowest BCUT2D eigenvalue weighted by Gasteiger charge is -2.23. The van der Waals surface area contributed by atoms with Crippen LogP contribution in [0.25, 0.3) is 0 Å². The van der Waals surface area contributed by atoms with Crippen molar-refractivity contribution in [2.24, 2.45) is 5.92 Å². The van der Waals surface area contributed by atoms with Crippen molar-refractivity contribution in [3.8, 4) is 5.75 Å². The maximum absolute atomic E-state index is 13.3. The second-order valence-electron chi connectivity index (χ2n) is 4.52. The van der Waals surface area contributed by atoms with Gasteiger partial charge >= 0.3 is 5.97 Å². The molecule has 0 saturated carbocycles. The van der Waals surface area contributed by atoms with Crippen LogP contribution in [0.2, 0.25) is 0 Å². The molecule has 1 rings (SSSR count). The molecule has 106 valence electrons. The molecular weight excluding hydrogens is 249 g/mol. The molecular formula is C14H20FNO3. The van der Waals surface area contributed by atoms with Gasteiger partial charge in [-0.15, -0.1) is 0 Å². The minimum absolute atomic E-state index is 0.321. The highest BCUT2D eigenvalue weighted by Gasteiger charge is 2.16. The number of methoxy groups -OCH3 is 1. The molecule has 0 aliphatic carbocycles. The highest BCUT2D eigenvalue weighted by atomic mass is 19.1. The number of halogens is 1. The summed E-state index contributed by atoms with van der Waals surface area (Å²) >= 11 is 0. The number of benzene rings is 1. The summed E-state index contributed by atoms with van der Waals surface area (Å²) in [6.45, 7) is 5.19. The van der Waals surface area contributed by atoms with Crippen molar-refractivity contribution in [3.05, 3.63) is 29.6 Å². The number of rotatable bonds is 7. The molecule has 5 heteroatoms. The summed E-state index contributed by atoms with van der Waals surface area (Å²) < 4.78 is 18.4. The van der Waals surface area contributed by atoms with Crippen LogP contribution in [0.5, 0.6) is 5.75 Å². The Morgan fingerprint density at radius 2 is 2.21 bits per heavy atom. The van der Waals surface area contributed by atoms with Gasteiger partial charge in [0.15, 0.2) is 0 Å². The SMILES string of the molecule is CCN(Cc1cc(F)ccc1OC)CC(C)C(=O)O. The number of hydrogen-bond acceptors (Lipinski definition) is 3. The first-order valence-corrected chi connectivity index (χ1v) is 6.25. The van der Waals surface area contributed by atoms with E-state index in [4.69, 9.17) is 9.84 Å². The summed E-state index contributed by atoms with van der Waals surface area (Å²) in [4.78, 5) is 12.8. The summed E-state index contributed by atoms with van der Waals surface area (Å²) in [6, 6.07) is 4.35. The van der Waals surface area contributed by atoms with Gasteiger partial charge in [-0.1, -0.05) is 13.8 Å². The van der Waals surface area contributed by atoms with Gasteiger partial charge in [-0.25, -0.2) is 4.39 Å². The average Bonchev–Trinajstić information content (AvgIpc) is 2.37. The largest absolute Gasteiger partial charge is 0.496 e. The van der Waals surface area contributed by atoms with Crippen LogP contribution in [0.3, 0.4) is 0 Å². The van der Waals surface area contributed by atoms with Crippen molar-refractivity contribution in [2.75, 3.05) is 20.2 Å². The molecule has 1 aromatic rings. The number of carboxylic acid groups (broad SMARTS) is 1. The normalized spacial score (nSPS) is 12.5. The number of ether oxygens (including phenoxy) is 1. The molecule has 0 saturated heterocycles. The fourth-order valence-corrected chi connectivity index (χ4v) is 1.88. The summed E-state index contributed by atoms with van der Waals surface area (Å²) in [6.07, 6.45) is 0. The van der Waals surface area contributed by atoms with E-state index in [0.717, 1.165) is 5.56 Å². The van der Waals surface area contributed by atoms with E-state index in [1.807, 2.05) is 11.8 Å². The predicted octanol–water partition coefficient (Wildman–Crippen LogP) is 2.38. The first-order valence-electron chi connectivity index (χ1n) is 6.25. The van der Waals surface area contributed by atoms with Gasteiger partial charge in [0.25, 0.3) is 0 Å². The van der Waals surface area contributed by atoms with E-state index in [1.165, 1.54) is 19.2 Å². The van der Waals surface area contributed by atoms with Crippen LogP contribution in [0.1, 0.15) is 19.4 Å². The number of carboxylic acids is 1. The Morgan fingerprint density at radius 3 is 2.74 bits per heavy atom. The maximum Gasteiger partial charge on any atom is 0.307 e. The van der Waals surface area contributed by atoms with Crippen LogP contribution in [0.15, 0.2) is 18.2 Å². The van der Waals surface area contributed by atoms with Gasteiger partial charge < -0.3 is 9.84 Å². The molecule has 1 N–H and O–H groups in total. The van der Waals surface area contributed by atoms with Crippen molar-refractivity contribution < 1.29 is 19.0 Å². The van der Waals surface area contributed by atoms with Crippen molar-refractivity contribution >= 4 is 5.97 Å². The molecule has 0 fully saturated rings. The molecule has 0 spiro atoms. The zero-order chi connectivity index (χ0) is 14.4. The van der Waals surface area contributed by atoms with E-state index in [-0.39, 0.29) is 5.82 Å². The molecule has 0 bridgehead atoms. The first-order chi connectivity index (χ1) is 8.97. The minimum Gasteiger partial charge on any atom is -0.496 e. The summed E-state index contributed by atoms with van der Waals surface area (Å²) in [5, 5.41) is 8.93. The van der Waals surface area contributed by atoms with Crippen LogP contribution in [0, 0.1) is 11.7 Å². The zero-order valence-corrected chi connectivity index (χ0v) is 11.5. The molecule has 0 aromatic heterocycles. The molecule has 1 aromatic carbocycles. The molecule has 1 unspecified atom stereocenters. The lowest BCUT2D eigenvalue weighted by atomic mass is 10.1. The van der Waals surface area contributed by atoms with Gasteiger partial charge in [-0.2, -0.15) is 0 Å². The highest BCUT2D eigenvalue weighted by Crippen LogP contribution is 2.21. The topological polar surface area (TPSA) is 49.8 Å². The van der Waals surface area contributed by atoms with Gasteiger partial charge in [0, 0.05) is 18.7 Å². The Labute approximate surface area is 112 Å². The second-order valence-corrected chi connectivity index (χ2v) is 4.52. The van der Waals surface area contributed by atoms with Crippen LogP contribution >= 0.6 is 0 Å². The number of hydrogen-bond donors (Lipinski definition) is 1. The van der Waals surface area contributed by atoms with Crippen molar-refractivity contribution in [1.82, 2.24) is 4.90 Å². The van der Waals surface area contributed by atoms with E-state index in [2.05, 4.69) is 0 Å². The molecule has 0 radical (unpaired) electrons. The molecule has 1 atom stereocenters. The molecule has 0 heterocycles. The average molecular weight is 269 g/mol. The summed E-state index contributed by atoms with van der Waals surface area (Å²) in [5.41, 5.74) is 0.724. The Balaban J connectivity index is 2.80. The van der Waals surface area contributed by atoms with Crippen LogP contribution in [-0.2, 0) is 11.3 Å². The van der Waals surface area contributed by atoms with Gasteiger partial charge in [-0.05, 0) is 24.7 Å². The van der Waals surface area contributed by atoms with Crippen molar-refractivity contribution in [3.63, 3.8) is 0 Å². The van der Waals surface area contributed by atoms with Crippen molar-refractivity contribution in [1.29, 1.82) is 0 Å². The van der Waals surface area contributed by atoms with Crippen LogP contribution < -0.4 is 4.74 Å². The minimum atomic E-state index is -0.829. The van der Waals surface area contributed by atoms with Gasteiger partial charge in [0.05, 0.1) is 13.0 Å². The highest BCUT2D eigenvalue weighted by molar-refractivity contribution is 5.69. The number of nitrogens with zero attached hydrogens (tertiary/aromatic N) is 1.